The van der Waals surface area contributed by atoms with Crippen LogP contribution in [0, 0.1) is 12.5 Å². The number of nitrogens with zero attached hydrogens (tertiary/aromatic N) is 4. The van der Waals surface area contributed by atoms with Crippen molar-refractivity contribution in [2.24, 2.45) is 5.92 Å². The monoisotopic (exact) mass is 608 g/mol. The number of aliphatic hydroxyl groups is 1. The van der Waals surface area contributed by atoms with E-state index in [0.717, 1.165) is 11.1 Å². The molecule has 0 aliphatic heterocycles. The number of rotatable bonds is 17. The van der Waals surface area contributed by atoms with Gasteiger partial charge in [-0.3, -0.25) is 14.4 Å². The predicted octanol–water partition coefficient (Wildman–Crippen LogP) is 4.58. The molecule has 1 atom stereocenters. The summed E-state index contributed by atoms with van der Waals surface area (Å²) in [7, 11) is 1.52. The lowest BCUT2D eigenvalue weighted by Gasteiger charge is -2.24. The molecule has 0 spiro atoms. The zero-order valence-corrected chi connectivity index (χ0v) is 24.5. The third-order valence-electron chi connectivity index (χ3n) is 6.28. The molecular formula is C31H33ClN4O7. The SMILES string of the molecule is [C-]#[N+]c1nc(Cl)c(C(=O)C[C@H](CC(=O)OCc2ccccc2)C(=O)OCc2ccccc2)nc1N(CCCO)CCOC. The number of hydrogen-bond donors (Lipinski definition) is 1. The molecular weight excluding hydrogens is 576 g/mol. The Kier molecular flexibility index (Phi) is 13.5. The molecule has 1 aromatic heterocycles. The Bertz CT molecular complexity index is 1390. The summed E-state index contributed by atoms with van der Waals surface area (Å²) in [6.45, 7) is 8.30. The molecule has 0 bridgehead atoms. The van der Waals surface area contributed by atoms with Crippen LogP contribution in [0.25, 0.3) is 4.85 Å². The first-order chi connectivity index (χ1) is 20.9. The second-order valence-electron chi connectivity index (χ2n) is 9.45. The molecule has 0 amide bonds. The van der Waals surface area contributed by atoms with Crippen molar-refractivity contribution in [3.63, 3.8) is 0 Å². The van der Waals surface area contributed by atoms with E-state index in [1.807, 2.05) is 24.3 Å². The third-order valence-corrected chi connectivity index (χ3v) is 6.55. The van der Waals surface area contributed by atoms with Crippen LogP contribution >= 0.6 is 11.6 Å². The van der Waals surface area contributed by atoms with E-state index < -0.39 is 36.5 Å². The smallest absolute Gasteiger partial charge is 0.313 e. The minimum atomic E-state index is -1.19. The van der Waals surface area contributed by atoms with Gasteiger partial charge in [-0.15, -0.1) is 4.98 Å². The standard InChI is InChI=1S/C31H33ClN4O7/c1-33-29-30(36(14-9-16-37)15-17-41-2)34-27(28(32)35-29)25(38)18-24(31(40)43-21-23-12-7-4-8-13-23)19-26(39)42-20-22-10-5-3-6-11-22/h3-8,10-13,24,37H,9,14-21H2,2H3/t24-/m1/s1. The number of carbonyl (C=O) groups excluding carboxylic acids is 3. The minimum absolute atomic E-state index is 0.00328. The van der Waals surface area contributed by atoms with Crippen molar-refractivity contribution in [3.05, 3.63) is 94.1 Å². The van der Waals surface area contributed by atoms with Crippen molar-refractivity contribution < 1.29 is 33.7 Å². The molecule has 2 aromatic carbocycles. The molecule has 0 fully saturated rings. The zero-order chi connectivity index (χ0) is 31.0. The van der Waals surface area contributed by atoms with Crippen molar-refractivity contribution in [3.8, 4) is 0 Å². The first-order valence-corrected chi connectivity index (χ1v) is 14.0. The molecule has 3 aromatic rings. The van der Waals surface area contributed by atoms with E-state index in [0.29, 0.717) is 19.5 Å². The van der Waals surface area contributed by atoms with Crippen LogP contribution in [0.15, 0.2) is 60.7 Å². The summed E-state index contributed by atoms with van der Waals surface area (Å²) < 4.78 is 16.0. The molecule has 0 saturated carbocycles. The number of benzene rings is 2. The van der Waals surface area contributed by atoms with Gasteiger partial charge in [-0.1, -0.05) is 67.2 Å². The van der Waals surface area contributed by atoms with Crippen LogP contribution in [0.2, 0.25) is 5.15 Å². The van der Waals surface area contributed by atoms with Gasteiger partial charge >= 0.3 is 17.8 Å². The summed E-state index contributed by atoms with van der Waals surface area (Å²) in [5.74, 6) is -3.34. The Morgan fingerprint density at radius 1 is 0.953 bits per heavy atom. The predicted molar refractivity (Wildman–Crippen MR) is 159 cm³/mol. The fraction of sp³-hybridized carbons (Fsp3) is 0.355. The van der Waals surface area contributed by atoms with Gasteiger partial charge in [0, 0.05) is 33.2 Å². The van der Waals surface area contributed by atoms with Crippen molar-refractivity contribution in [1.29, 1.82) is 0 Å². The molecule has 12 heteroatoms. The molecule has 3 rings (SSSR count). The lowest BCUT2D eigenvalue weighted by atomic mass is 9.97. The highest BCUT2D eigenvalue weighted by molar-refractivity contribution is 6.32. The van der Waals surface area contributed by atoms with Crippen LogP contribution in [0.1, 0.15) is 40.9 Å². The average Bonchev–Trinajstić information content (AvgIpc) is 3.03. The second kappa shape index (κ2) is 17.6. The maximum Gasteiger partial charge on any atom is 0.313 e. The number of carbonyl (C=O) groups is 3. The Balaban J connectivity index is 1.83. The van der Waals surface area contributed by atoms with Gasteiger partial charge in [-0.2, -0.15) is 0 Å². The number of halogens is 1. The van der Waals surface area contributed by atoms with Crippen LogP contribution < -0.4 is 4.90 Å². The average molecular weight is 609 g/mol. The number of anilines is 1. The van der Waals surface area contributed by atoms with Crippen molar-refractivity contribution in [2.75, 3.05) is 38.3 Å². The van der Waals surface area contributed by atoms with Gasteiger partial charge in [0.25, 0.3) is 5.15 Å². The molecule has 0 aliphatic rings. The molecule has 0 unspecified atom stereocenters. The fourth-order valence-electron chi connectivity index (χ4n) is 4.05. The maximum atomic E-state index is 13.5. The quantitative estimate of drug-likeness (QED) is 0.132. The highest BCUT2D eigenvalue weighted by atomic mass is 35.5. The Hall–Kier alpha value is -4.37. The number of ketones is 1. The first kappa shape index (κ1) is 33.1. The van der Waals surface area contributed by atoms with Crippen molar-refractivity contribution in [2.45, 2.75) is 32.5 Å². The molecule has 0 aliphatic carbocycles. The second-order valence-corrected chi connectivity index (χ2v) is 9.81. The minimum Gasteiger partial charge on any atom is -0.461 e. The first-order valence-electron chi connectivity index (χ1n) is 13.6. The van der Waals surface area contributed by atoms with Crippen LogP contribution in [0.3, 0.4) is 0 Å². The number of aliphatic hydroxyl groups excluding tert-OH is 1. The van der Waals surface area contributed by atoms with E-state index >= 15 is 0 Å². The number of esters is 2. The molecule has 1 heterocycles. The summed E-state index contributed by atoms with van der Waals surface area (Å²) in [5.41, 5.74) is 1.25. The largest absolute Gasteiger partial charge is 0.461 e. The molecule has 0 saturated heterocycles. The van der Waals surface area contributed by atoms with E-state index in [4.69, 9.17) is 32.4 Å². The Morgan fingerprint density at radius 2 is 1.58 bits per heavy atom. The van der Waals surface area contributed by atoms with Gasteiger partial charge in [-0.05, 0) is 29.1 Å². The maximum absolute atomic E-state index is 13.5. The van der Waals surface area contributed by atoms with Crippen LogP contribution in [0.5, 0.6) is 0 Å². The lowest BCUT2D eigenvalue weighted by molar-refractivity contribution is -0.156. The molecule has 0 radical (unpaired) electrons. The highest BCUT2D eigenvalue weighted by Crippen LogP contribution is 2.30. The number of hydrogen-bond acceptors (Lipinski definition) is 10. The van der Waals surface area contributed by atoms with Gasteiger partial charge in [0.15, 0.2) is 17.3 Å². The van der Waals surface area contributed by atoms with E-state index in [9.17, 15) is 19.5 Å². The highest BCUT2D eigenvalue weighted by Gasteiger charge is 2.31. The molecule has 11 nitrogen and oxygen atoms in total. The van der Waals surface area contributed by atoms with Crippen molar-refractivity contribution >= 4 is 41.0 Å². The van der Waals surface area contributed by atoms with Gasteiger partial charge in [0.1, 0.15) is 13.2 Å². The van der Waals surface area contributed by atoms with E-state index in [2.05, 4.69) is 14.8 Å². The van der Waals surface area contributed by atoms with Gasteiger partial charge < -0.3 is 29.1 Å². The van der Waals surface area contributed by atoms with Crippen molar-refractivity contribution in [1.82, 2.24) is 9.97 Å². The summed E-state index contributed by atoms with van der Waals surface area (Å²) in [4.78, 5) is 52.9. The topological polar surface area (TPSA) is 133 Å². The Morgan fingerprint density at radius 3 is 2.16 bits per heavy atom. The number of aromatic nitrogens is 2. The molecule has 226 valence electrons. The number of ether oxygens (including phenoxy) is 3. The third kappa shape index (κ3) is 10.4. The van der Waals surface area contributed by atoms with Gasteiger partial charge in [0.05, 0.1) is 18.9 Å². The summed E-state index contributed by atoms with van der Waals surface area (Å²) in [6, 6.07) is 18.0. The van der Waals surface area contributed by atoms with Gasteiger partial charge in [-0.25, -0.2) is 4.98 Å². The van der Waals surface area contributed by atoms with Crippen LogP contribution in [-0.4, -0.2) is 66.2 Å². The zero-order valence-electron chi connectivity index (χ0n) is 23.8. The number of methoxy groups -OCH3 is 1. The van der Waals surface area contributed by atoms with E-state index in [1.54, 1.807) is 41.3 Å². The van der Waals surface area contributed by atoms with Gasteiger partial charge in [0.2, 0.25) is 0 Å². The summed E-state index contributed by atoms with van der Waals surface area (Å²) in [6.07, 6.45) is -0.510. The molecule has 43 heavy (non-hydrogen) atoms. The number of Topliss-reactive ketones (excluding diaryl/α,β-unsaturated/α-hetero) is 1. The summed E-state index contributed by atoms with van der Waals surface area (Å²) in [5, 5.41) is 9.02. The van der Waals surface area contributed by atoms with E-state index in [1.165, 1.54) is 7.11 Å². The molecule has 1 N–H and O–H groups in total. The van der Waals surface area contributed by atoms with E-state index in [-0.39, 0.29) is 48.9 Å². The lowest BCUT2D eigenvalue weighted by Crippen LogP contribution is -2.31. The summed E-state index contributed by atoms with van der Waals surface area (Å²) >= 11 is 6.29. The van der Waals surface area contributed by atoms with Crippen LogP contribution in [0.4, 0.5) is 11.6 Å². The van der Waals surface area contributed by atoms with Crippen LogP contribution in [-0.2, 0) is 37.0 Å². The fourth-order valence-corrected chi connectivity index (χ4v) is 4.28. The Labute approximate surface area is 255 Å². The normalized spacial score (nSPS) is 11.3.